The van der Waals surface area contributed by atoms with E-state index in [9.17, 15) is 4.39 Å². The van der Waals surface area contributed by atoms with Gasteiger partial charge in [0.15, 0.2) is 0 Å². The predicted octanol–water partition coefficient (Wildman–Crippen LogP) is 3.46. The van der Waals surface area contributed by atoms with Gasteiger partial charge in [0.25, 0.3) is 0 Å². The van der Waals surface area contributed by atoms with Gasteiger partial charge < -0.3 is 10.5 Å². The molecule has 0 aromatic heterocycles. The molecule has 1 heterocycles. The lowest BCUT2D eigenvalue weighted by Gasteiger charge is -2.35. The third-order valence-electron chi connectivity index (χ3n) is 3.60. The van der Waals surface area contributed by atoms with Gasteiger partial charge in [-0.3, -0.25) is 0 Å². The van der Waals surface area contributed by atoms with E-state index in [0.29, 0.717) is 17.5 Å². The summed E-state index contributed by atoms with van der Waals surface area (Å²) in [5, 5.41) is 0. The summed E-state index contributed by atoms with van der Waals surface area (Å²) < 4.78 is 19.8. The van der Waals surface area contributed by atoms with Crippen molar-refractivity contribution in [3.63, 3.8) is 0 Å². The van der Waals surface area contributed by atoms with Gasteiger partial charge in [0.2, 0.25) is 0 Å². The molecule has 0 spiro atoms. The van der Waals surface area contributed by atoms with E-state index in [0.717, 1.165) is 23.3 Å². The van der Waals surface area contributed by atoms with Crippen molar-refractivity contribution < 1.29 is 9.13 Å². The van der Waals surface area contributed by atoms with Crippen molar-refractivity contribution >= 4 is 15.9 Å². The first-order valence-electron chi connectivity index (χ1n) is 6.50. The van der Waals surface area contributed by atoms with Gasteiger partial charge in [0.05, 0.1) is 10.0 Å². The van der Waals surface area contributed by atoms with Crippen LogP contribution in [0.15, 0.2) is 46.9 Å². The highest BCUT2D eigenvalue weighted by Gasteiger charge is 2.32. The van der Waals surface area contributed by atoms with Gasteiger partial charge >= 0.3 is 0 Å². The SMILES string of the molecule is NC1(Cc2cccc(F)c2Br)COc2ccccc2C1. The van der Waals surface area contributed by atoms with E-state index in [-0.39, 0.29) is 5.82 Å². The van der Waals surface area contributed by atoms with E-state index < -0.39 is 5.54 Å². The Kier molecular flexibility index (Phi) is 3.52. The third kappa shape index (κ3) is 2.58. The highest BCUT2D eigenvalue weighted by atomic mass is 79.9. The number of fused-ring (bicyclic) bond motifs is 1. The third-order valence-corrected chi connectivity index (χ3v) is 4.49. The molecule has 0 saturated heterocycles. The van der Waals surface area contributed by atoms with E-state index in [4.69, 9.17) is 10.5 Å². The zero-order chi connectivity index (χ0) is 14.2. The number of rotatable bonds is 2. The fourth-order valence-corrected chi connectivity index (χ4v) is 3.02. The molecule has 0 fully saturated rings. The van der Waals surface area contributed by atoms with Crippen molar-refractivity contribution in [2.24, 2.45) is 5.73 Å². The maximum atomic E-state index is 13.6. The molecule has 0 bridgehead atoms. The zero-order valence-corrected chi connectivity index (χ0v) is 12.5. The Hall–Kier alpha value is -1.39. The first-order valence-corrected chi connectivity index (χ1v) is 7.29. The van der Waals surface area contributed by atoms with Crippen molar-refractivity contribution in [3.05, 3.63) is 63.9 Å². The van der Waals surface area contributed by atoms with Crippen LogP contribution >= 0.6 is 15.9 Å². The molecule has 1 aliphatic heterocycles. The summed E-state index contributed by atoms with van der Waals surface area (Å²) in [7, 11) is 0. The summed E-state index contributed by atoms with van der Waals surface area (Å²) in [5.74, 6) is 0.634. The van der Waals surface area contributed by atoms with Gasteiger partial charge in [-0.25, -0.2) is 4.39 Å². The van der Waals surface area contributed by atoms with Crippen LogP contribution in [0.5, 0.6) is 5.75 Å². The minimum atomic E-state index is -0.509. The Labute approximate surface area is 125 Å². The molecule has 4 heteroatoms. The number of para-hydroxylation sites is 1. The second kappa shape index (κ2) is 5.19. The summed E-state index contributed by atoms with van der Waals surface area (Å²) >= 11 is 3.29. The summed E-state index contributed by atoms with van der Waals surface area (Å²) in [5.41, 5.74) is 7.92. The molecular weight excluding hydrogens is 321 g/mol. The van der Waals surface area contributed by atoms with Gasteiger partial charge in [-0.15, -0.1) is 0 Å². The molecule has 104 valence electrons. The van der Waals surface area contributed by atoms with Crippen molar-refractivity contribution in [1.82, 2.24) is 0 Å². The van der Waals surface area contributed by atoms with Crippen LogP contribution in [0.3, 0.4) is 0 Å². The summed E-state index contributed by atoms with van der Waals surface area (Å²) in [4.78, 5) is 0. The van der Waals surface area contributed by atoms with Gasteiger partial charge in [0, 0.05) is 0 Å². The van der Waals surface area contributed by atoms with Gasteiger partial charge in [-0.2, -0.15) is 0 Å². The molecule has 2 aromatic rings. The average Bonchev–Trinajstić information content (AvgIpc) is 2.44. The average molecular weight is 336 g/mol. The Morgan fingerprint density at radius 1 is 1.20 bits per heavy atom. The predicted molar refractivity (Wildman–Crippen MR) is 80.4 cm³/mol. The van der Waals surface area contributed by atoms with Gasteiger partial charge in [-0.05, 0) is 52.0 Å². The highest BCUT2D eigenvalue weighted by Crippen LogP contribution is 2.31. The van der Waals surface area contributed by atoms with Crippen LogP contribution in [-0.4, -0.2) is 12.1 Å². The summed E-state index contributed by atoms with van der Waals surface area (Å²) in [6.45, 7) is 0.437. The minimum absolute atomic E-state index is 0.261. The van der Waals surface area contributed by atoms with Crippen LogP contribution in [0.4, 0.5) is 4.39 Å². The fourth-order valence-electron chi connectivity index (χ4n) is 2.62. The molecule has 2 aromatic carbocycles. The van der Waals surface area contributed by atoms with Crippen molar-refractivity contribution in [1.29, 1.82) is 0 Å². The van der Waals surface area contributed by atoms with E-state index in [1.807, 2.05) is 30.3 Å². The molecule has 0 aliphatic carbocycles. The maximum absolute atomic E-state index is 13.6. The van der Waals surface area contributed by atoms with Crippen molar-refractivity contribution in [2.45, 2.75) is 18.4 Å². The quantitative estimate of drug-likeness (QED) is 0.912. The molecule has 1 atom stereocenters. The van der Waals surface area contributed by atoms with Crippen LogP contribution in [0.25, 0.3) is 0 Å². The normalized spacial score (nSPS) is 21.1. The summed E-state index contributed by atoms with van der Waals surface area (Å²) in [6.07, 6.45) is 1.30. The second-order valence-electron chi connectivity index (χ2n) is 5.33. The van der Waals surface area contributed by atoms with E-state index in [2.05, 4.69) is 15.9 Å². The van der Waals surface area contributed by atoms with Crippen LogP contribution in [0.1, 0.15) is 11.1 Å². The Balaban J connectivity index is 1.86. The minimum Gasteiger partial charge on any atom is -0.491 e. The van der Waals surface area contributed by atoms with Crippen LogP contribution in [-0.2, 0) is 12.8 Å². The van der Waals surface area contributed by atoms with Crippen LogP contribution in [0, 0.1) is 5.82 Å². The number of nitrogens with two attached hydrogens (primary N) is 1. The lowest BCUT2D eigenvalue weighted by Crippen LogP contribution is -2.51. The molecule has 0 saturated carbocycles. The number of hydrogen-bond donors (Lipinski definition) is 1. The number of ether oxygens (including phenoxy) is 1. The Morgan fingerprint density at radius 2 is 2.00 bits per heavy atom. The Morgan fingerprint density at radius 3 is 2.85 bits per heavy atom. The van der Waals surface area contributed by atoms with E-state index >= 15 is 0 Å². The topological polar surface area (TPSA) is 35.2 Å². The lowest BCUT2D eigenvalue weighted by molar-refractivity contribution is 0.189. The molecule has 1 unspecified atom stereocenters. The molecule has 20 heavy (non-hydrogen) atoms. The van der Waals surface area contributed by atoms with Gasteiger partial charge in [-0.1, -0.05) is 30.3 Å². The number of halogens is 2. The molecule has 3 rings (SSSR count). The molecule has 0 radical (unpaired) electrons. The highest BCUT2D eigenvalue weighted by molar-refractivity contribution is 9.10. The van der Waals surface area contributed by atoms with Gasteiger partial charge in [0.1, 0.15) is 18.2 Å². The maximum Gasteiger partial charge on any atom is 0.137 e. The first kappa shape index (κ1) is 13.6. The smallest absolute Gasteiger partial charge is 0.137 e. The fraction of sp³-hybridized carbons (Fsp3) is 0.250. The largest absolute Gasteiger partial charge is 0.491 e. The second-order valence-corrected chi connectivity index (χ2v) is 6.12. The van der Waals surface area contributed by atoms with Crippen molar-refractivity contribution in [3.8, 4) is 5.75 Å². The summed E-state index contributed by atoms with van der Waals surface area (Å²) in [6, 6.07) is 12.9. The molecular formula is C16H15BrFNO. The van der Waals surface area contributed by atoms with E-state index in [1.165, 1.54) is 6.07 Å². The molecule has 0 amide bonds. The zero-order valence-electron chi connectivity index (χ0n) is 10.9. The van der Waals surface area contributed by atoms with Crippen molar-refractivity contribution in [2.75, 3.05) is 6.61 Å². The molecule has 1 aliphatic rings. The standard InChI is InChI=1S/C16H15BrFNO/c17-15-12(5-3-6-13(15)18)9-16(19)8-11-4-1-2-7-14(11)20-10-16/h1-7H,8-10,19H2. The van der Waals surface area contributed by atoms with Crippen LogP contribution < -0.4 is 10.5 Å². The monoisotopic (exact) mass is 335 g/mol. The number of hydrogen-bond acceptors (Lipinski definition) is 2. The first-order chi connectivity index (χ1) is 9.57. The number of benzene rings is 2. The lowest BCUT2D eigenvalue weighted by atomic mass is 9.84. The Bertz CT molecular complexity index is 646. The molecule has 2 N–H and O–H groups in total. The van der Waals surface area contributed by atoms with E-state index in [1.54, 1.807) is 6.07 Å². The molecule has 2 nitrogen and oxygen atoms in total. The van der Waals surface area contributed by atoms with Crippen LogP contribution in [0.2, 0.25) is 0 Å².